The highest BCUT2D eigenvalue weighted by Gasteiger charge is 2.69. The van der Waals surface area contributed by atoms with Gasteiger partial charge in [0.25, 0.3) is 0 Å². The van der Waals surface area contributed by atoms with Gasteiger partial charge in [-0.3, -0.25) is 0 Å². The van der Waals surface area contributed by atoms with E-state index >= 15 is 0 Å². The molecule has 2 aliphatic rings. The number of halogens is 2. The molecule has 2 bridgehead atoms. The summed E-state index contributed by atoms with van der Waals surface area (Å²) in [6.07, 6.45) is 2.81. The molecular weight excluding hydrogens is 258 g/mol. The standard InChI is InChI=1S/C17H22F2O/c1-10-5-6-12(14(19)13(10)18)17(20)15(2,3)11-7-8-16(17,4)9-11/h5-6,11,20H,7-9H2,1-4H3. The van der Waals surface area contributed by atoms with Crippen molar-refractivity contribution in [3.05, 3.63) is 34.9 Å². The molecule has 0 aliphatic heterocycles. The molecule has 1 nitrogen and oxygen atoms in total. The molecule has 3 unspecified atom stereocenters. The molecule has 2 fully saturated rings. The number of fused-ring (bicyclic) bond motifs is 2. The van der Waals surface area contributed by atoms with E-state index in [1.165, 1.54) is 0 Å². The maximum absolute atomic E-state index is 14.5. The van der Waals surface area contributed by atoms with Gasteiger partial charge in [-0.2, -0.15) is 0 Å². The third-order valence-corrected chi connectivity index (χ3v) is 6.23. The average molecular weight is 280 g/mol. The number of aliphatic hydroxyl groups is 1. The van der Waals surface area contributed by atoms with E-state index in [-0.39, 0.29) is 16.5 Å². The van der Waals surface area contributed by atoms with E-state index in [9.17, 15) is 13.9 Å². The van der Waals surface area contributed by atoms with Gasteiger partial charge in [-0.05, 0) is 37.7 Å². The van der Waals surface area contributed by atoms with Gasteiger partial charge >= 0.3 is 0 Å². The Kier molecular flexibility index (Phi) is 2.67. The molecule has 0 radical (unpaired) electrons. The molecule has 1 N–H and O–H groups in total. The van der Waals surface area contributed by atoms with Crippen LogP contribution in [0.15, 0.2) is 12.1 Å². The second-order valence-electron chi connectivity index (χ2n) is 7.49. The molecule has 1 aromatic carbocycles. The van der Waals surface area contributed by atoms with Crippen molar-refractivity contribution in [1.29, 1.82) is 0 Å². The van der Waals surface area contributed by atoms with Crippen LogP contribution in [0.25, 0.3) is 0 Å². The summed E-state index contributed by atoms with van der Waals surface area (Å²) >= 11 is 0. The van der Waals surface area contributed by atoms with Gasteiger partial charge in [0.15, 0.2) is 11.6 Å². The Morgan fingerprint density at radius 2 is 1.80 bits per heavy atom. The second-order valence-corrected chi connectivity index (χ2v) is 7.49. The molecule has 0 amide bonds. The monoisotopic (exact) mass is 280 g/mol. The molecule has 1 aromatic rings. The lowest BCUT2D eigenvalue weighted by molar-refractivity contribution is -0.153. The average Bonchev–Trinajstić information content (AvgIpc) is 2.84. The number of benzene rings is 1. The first-order valence-corrected chi connectivity index (χ1v) is 7.32. The molecule has 2 saturated carbocycles. The van der Waals surface area contributed by atoms with Crippen LogP contribution < -0.4 is 0 Å². The van der Waals surface area contributed by atoms with Gasteiger partial charge in [0.05, 0.1) is 0 Å². The Labute approximate surface area is 119 Å². The van der Waals surface area contributed by atoms with Gasteiger partial charge in [0.1, 0.15) is 5.60 Å². The van der Waals surface area contributed by atoms with E-state index in [1.54, 1.807) is 19.1 Å². The fourth-order valence-corrected chi connectivity index (χ4v) is 4.86. The third-order valence-electron chi connectivity index (χ3n) is 6.23. The summed E-state index contributed by atoms with van der Waals surface area (Å²) in [4.78, 5) is 0. The molecular formula is C17H22F2O. The molecule has 0 aromatic heterocycles. The molecule has 20 heavy (non-hydrogen) atoms. The zero-order valence-corrected chi connectivity index (χ0v) is 12.6. The lowest BCUT2D eigenvalue weighted by atomic mass is 9.57. The Morgan fingerprint density at radius 1 is 1.15 bits per heavy atom. The second kappa shape index (κ2) is 3.82. The number of hydrogen-bond acceptors (Lipinski definition) is 1. The summed E-state index contributed by atoms with van der Waals surface area (Å²) in [5.74, 6) is -1.35. The maximum Gasteiger partial charge on any atom is 0.165 e. The Morgan fingerprint density at radius 3 is 2.35 bits per heavy atom. The van der Waals surface area contributed by atoms with E-state index in [0.29, 0.717) is 5.92 Å². The molecule has 3 atom stereocenters. The minimum atomic E-state index is -1.30. The van der Waals surface area contributed by atoms with Gasteiger partial charge in [-0.15, -0.1) is 0 Å². The van der Waals surface area contributed by atoms with Crippen LogP contribution >= 0.6 is 0 Å². The minimum Gasteiger partial charge on any atom is -0.384 e. The lowest BCUT2D eigenvalue weighted by Gasteiger charge is -2.51. The summed E-state index contributed by atoms with van der Waals surface area (Å²) in [6.45, 7) is 7.53. The van der Waals surface area contributed by atoms with E-state index in [4.69, 9.17) is 0 Å². The summed E-state index contributed by atoms with van der Waals surface area (Å²) < 4.78 is 28.4. The smallest absolute Gasteiger partial charge is 0.165 e. The van der Waals surface area contributed by atoms with E-state index < -0.39 is 22.7 Å². The van der Waals surface area contributed by atoms with Crippen LogP contribution in [0.2, 0.25) is 0 Å². The summed E-state index contributed by atoms with van der Waals surface area (Å²) in [5, 5.41) is 11.4. The highest BCUT2D eigenvalue weighted by atomic mass is 19.2. The van der Waals surface area contributed by atoms with Crippen molar-refractivity contribution >= 4 is 0 Å². The van der Waals surface area contributed by atoms with E-state index in [2.05, 4.69) is 0 Å². The molecule has 0 spiro atoms. The number of aryl methyl sites for hydroxylation is 1. The SMILES string of the molecule is Cc1ccc(C2(O)C3(C)CCC(C3)C2(C)C)c(F)c1F. The van der Waals surface area contributed by atoms with Crippen LogP contribution in [0, 0.1) is 35.3 Å². The first-order chi connectivity index (χ1) is 9.15. The first kappa shape index (κ1) is 14.0. The topological polar surface area (TPSA) is 20.2 Å². The summed E-state index contributed by atoms with van der Waals surface area (Å²) in [7, 11) is 0. The molecule has 3 rings (SSSR count). The van der Waals surface area contributed by atoms with Crippen molar-refractivity contribution in [2.75, 3.05) is 0 Å². The quantitative estimate of drug-likeness (QED) is 0.813. The zero-order valence-electron chi connectivity index (χ0n) is 12.6. The van der Waals surface area contributed by atoms with Gasteiger partial charge in [0, 0.05) is 16.4 Å². The van der Waals surface area contributed by atoms with E-state index in [0.717, 1.165) is 19.3 Å². The Hall–Kier alpha value is -0.960. The minimum absolute atomic E-state index is 0.135. The van der Waals surface area contributed by atoms with Gasteiger partial charge in [-0.1, -0.05) is 32.9 Å². The lowest BCUT2D eigenvalue weighted by Crippen LogP contribution is -2.52. The van der Waals surface area contributed by atoms with Crippen LogP contribution in [-0.2, 0) is 5.60 Å². The number of rotatable bonds is 1. The van der Waals surface area contributed by atoms with Gasteiger partial charge < -0.3 is 5.11 Å². The van der Waals surface area contributed by atoms with Gasteiger partial charge in [0.2, 0.25) is 0 Å². The largest absolute Gasteiger partial charge is 0.384 e. The molecule has 110 valence electrons. The fraction of sp³-hybridized carbons (Fsp3) is 0.647. The zero-order chi connectivity index (χ0) is 14.9. The van der Waals surface area contributed by atoms with Crippen LogP contribution in [-0.4, -0.2) is 5.11 Å². The van der Waals surface area contributed by atoms with Gasteiger partial charge in [-0.25, -0.2) is 8.78 Å². The fourth-order valence-electron chi connectivity index (χ4n) is 4.86. The van der Waals surface area contributed by atoms with Crippen molar-refractivity contribution in [2.24, 2.45) is 16.7 Å². The Bertz CT molecular complexity index is 574. The molecule has 3 heteroatoms. The number of hydrogen-bond donors (Lipinski definition) is 1. The molecule has 0 heterocycles. The highest BCUT2D eigenvalue weighted by Crippen LogP contribution is 2.71. The summed E-state index contributed by atoms with van der Waals surface area (Å²) in [5.41, 5.74) is -1.70. The predicted octanol–water partition coefficient (Wildman–Crippen LogP) is 4.31. The highest BCUT2D eigenvalue weighted by molar-refractivity contribution is 5.37. The van der Waals surface area contributed by atoms with Crippen molar-refractivity contribution < 1.29 is 13.9 Å². The van der Waals surface area contributed by atoms with Crippen molar-refractivity contribution in [1.82, 2.24) is 0 Å². The Balaban J connectivity index is 2.25. The van der Waals surface area contributed by atoms with Crippen LogP contribution in [0.4, 0.5) is 8.78 Å². The molecule has 2 aliphatic carbocycles. The van der Waals surface area contributed by atoms with Crippen molar-refractivity contribution in [2.45, 2.75) is 52.6 Å². The third kappa shape index (κ3) is 1.35. The van der Waals surface area contributed by atoms with Crippen LogP contribution in [0.3, 0.4) is 0 Å². The van der Waals surface area contributed by atoms with Crippen molar-refractivity contribution in [3.8, 4) is 0 Å². The maximum atomic E-state index is 14.5. The molecule has 0 saturated heterocycles. The normalized spacial score (nSPS) is 38.5. The van der Waals surface area contributed by atoms with Crippen LogP contribution in [0.1, 0.15) is 51.2 Å². The summed E-state index contributed by atoms with van der Waals surface area (Å²) in [6, 6.07) is 3.14. The predicted molar refractivity (Wildman–Crippen MR) is 74.2 cm³/mol. The first-order valence-electron chi connectivity index (χ1n) is 7.32. The van der Waals surface area contributed by atoms with Crippen LogP contribution in [0.5, 0.6) is 0 Å². The van der Waals surface area contributed by atoms with E-state index in [1.807, 2.05) is 20.8 Å². The van der Waals surface area contributed by atoms with Crippen molar-refractivity contribution in [3.63, 3.8) is 0 Å².